The van der Waals surface area contributed by atoms with Gasteiger partial charge in [0.05, 0.1) is 13.3 Å². The van der Waals surface area contributed by atoms with Gasteiger partial charge in [-0.15, -0.1) is 0 Å². The van der Waals surface area contributed by atoms with E-state index in [1.165, 1.54) is 7.11 Å². The van der Waals surface area contributed by atoms with Crippen LogP contribution in [0.3, 0.4) is 0 Å². The molecule has 2 heterocycles. The Labute approximate surface area is 112 Å². The van der Waals surface area contributed by atoms with E-state index in [9.17, 15) is 4.79 Å². The van der Waals surface area contributed by atoms with Gasteiger partial charge in [-0.25, -0.2) is 0 Å². The molecule has 0 aliphatic heterocycles. The van der Waals surface area contributed by atoms with Crippen molar-refractivity contribution in [2.75, 3.05) is 7.11 Å². The molecule has 0 N–H and O–H groups in total. The van der Waals surface area contributed by atoms with Crippen LogP contribution in [0.25, 0.3) is 0 Å². The van der Waals surface area contributed by atoms with Gasteiger partial charge in [-0.2, -0.15) is 5.10 Å². The van der Waals surface area contributed by atoms with Crippen LogP contribution in [-0.4, -0.2) is 27.7 Å². The molecule has 0 saturated heterocycles. The van der Waals surface area contributed by atoms with E-state index in [1.54, 1.807) is 29.3 Å². The number of ketones is 1. The molecule has 0 spiro atoms. The number of pyridine rings is 1. The summed E-state index contributed by atoms with van der Waals surface area (Å²) in [7, 11) is 1.54. The van der Waals surface area contributed by atoms with Crippen LogP contribution in [-0.2, 0) is 0 Å². The van der Waals surface area contributed by atoms with Crippen molar-refractivity contribution in [2.24, 2.45) is 0 Å². The summed E-state index contributed by atoms with van der Waals surface area (Å²) in [5.74, 6) is 0.401. The van der Waals surface area contributed by atoms with Crippen LogP contribution in [0, 0.1) is 6.92 Å². The summed E-state index contributed by atoms with van der Waals surface area (Å²) in [4.78, 5) is 16.7. The zero-order valence-electron chi connectivity index (χ0n) is 11.5. The maximum atomic E-state index is 12.7. The summed E-state index contributed by atoms with van der Waals surface area (Å²) in [5.41, 5.74) is 1.94. The van der Waals surface area contributed by atoms with Crippen LogP contribution in [0.15, 0.2) is 24.7 Å². The first-order valence-electron chi connectivity index (χ1n) is 6.13. The lowest BCUT2D eigenvalue weighted by molar-refractivity contribution is 0.102. The topological polar surface area (TPSA) is 57.0 Å². The Hall–Kier alpha value is -2.17. The minimum Gasteiger partial charge on any atom is -0.493 e. The first-order valence-corrected chi connectivity index (χ1v) is 6.13. The van der Waals surface area contributed by atoms with Gasteiger partial charge in [0.2, 0.25) is 5.78 Å². The van der Waals surface area contributed by atoms with Crippen molar-refractivity contribution in [3.8, 4) is 5.75 Å². The molecule has 5 nitrogen and oxygen atoms in total. The standard InChI is InChI=1S/C14H17N3O2/c1-9(2)17-13(12(19-4)8-16-17)14(18)11-5-6-15-7-10(11)3/h5-9H,1-4H3. The van der Waals surface area contributed by atoms with Crippen LogP contribution < -0.4 is 4.74 Å². The van der Waals surface area contributed by atoms with Gasteiger partial charge >= 0.3 is 0 Å². The molecular weight excluding hydrogens is 242 g/mol. The molecule has 2 rings (SSSR count). The first-order chi connectivity index (χ1) is 9.06. The zero-order valence-corrected chi connectivity index (χ0v) is 11.5. The number of rotatable bonds is 4. The molecule has 0 aliphatic rings. The van der Waals surface area contributed by atoms with Crippen LogP contribution in [0.2, 0.25) is 0 Å². The van der Waals surface area contributed by atoms with Crippen LogP contribution >= 0.6 is 0 Å². The van der Waals surface area contributed by atoms with Crippen LogP contribution in [0.5, 0.6) is 5.75 Å². The molecule has 2 aromatic rings. The van der Waals surface area contributed by atoms with Gasteiger partial charge in [0.25, 0.3) is 0 Å². The summed E-state index contributed by atoms with van der Waals surface area (Å²) in [6.45, 7) is 5.81. The highest BCUT2D eigenvalue weighted by atomic mass is 16.5. The average molecular weight is 259 g/mol. The van der Waals surface area contributed by atoms with Gasteiger partial charge in [0.15, 0.2) is 11.4 Å². The highest BCUT2D eigenvalue weighted by Gasteiger charge is 2.23. The highest BCUT2D eigenvalue weighted by molar-refractivity contribution is 6.10. The Balaban J connectivity index is 2.55. The quantitative estimate of drug-likeness (QED) is 0.791. The lowest BCUT2D eigenvalue weighted by Gasteiger charge is -2.12. The maximum absolute atomic E-state index is 12.7. The molecule has 5 heteroatoms. The number of carbonyl (C=O) groups excluding carboxylic acids is 1. The predicted octanol–water partition coefficient (Wildman–Crippen LogP) is 2.41. The minimum absolute atomic E-state index is 0.0880. The van der Waals surface area contributed by atoms with Crippen molar-refractivity contribution in [3.63, 3.8) is 0 Å². The average Bonchev–Trinajstić information content (AvgIpc) is 2.82. The maximum Gasteiger partial charge on any atom is 0.215 e. The molecule has 2 aromatic heterocycles. The highest BCUT2D eigenvalue weighted by Crippen LogP contribution is 2.24. The molecule has 0 unspecified atom stereocenters. The molecule has 100 valence electrons. The Morgan fingerprint density at radius 2 is 2.11 bits per heavy atom. The second-order valence-electron chi connectivity index (χ2n) is 4.62. The predicted molar refractivity (Wildman–Crippen MR) is 71.6 cm³/mol. The van der Waals surface area contributed by atoms with E-state index in [-0.39, 0.29) is 11.8 Å². The fourth-order valence-electron chi connectivity index (χ4n) is 1.96. The fraction of sp³-hybridized carbons (Fsp3) is 0.357. The SMILES string of the molecule is COc1cnn(C(C)C)c1C(=O)c1ccncc1C. The molecular formula is C14H17N3O2. The van der Waals surface area contributed by atoms with Gasteiger partial charge in [0, 0.05) is 24.0 Å². The van der Waals surface area contributed by atoms with E-state index in [4.69, 9.17) is 4.74 Å². The zero-order chi connectivity index (χ0) is 14.0. The van der Waals surface area contributed by atoms with Crippen molar-refractivity contribution in [3.05, 3.63) is 41.5 Å². The van der Waals surface area contributed by atoms with Crippen molar-refractivity contribution in [1.29, 1.82) is 0 Å². The van der Waals surface area contributed by atoms with E-state index >= 15 is 0 Å². The molecule has 19 heavy (non-hydrogen) atoms. The second-order valence-corrected chi connectivity index (χ2v) is 4.62. The minimum atomic E-state index is -0.0945. The van der Waals surface area contributed by atoms with Crippen molar-refractivity contribution in [2.45, 2.75) is 26.8 Å². The van der Waals surface area contributed by atoms with Crippen LogP contribution in [0.4, 0.5) is 0 Å². The number of carbonyl (C=O) groups is 1. The van der Waals surface area contributed by atoms with Crippen molar-refractivity contribution < 1.29 is 9.53 Å². The number of hydrogen-bond donors (Lipinski definition) is 0. The number of nitrogens with zero attached hydrogens (tertiary/aromatic N) is 3. The number of aryl methyl sites for hydroxylation is 1. The Kier molecular flexibility index (Phi) is 3.64. The van der Waals surface area contributed by atoms with E-state index in [2.05, 4.69) is 10.1 Å². The fourth-order valence-corrected chi connectivity index (χ4v) is 1.96. The van der Waals surface area contributed by atoms with Gasteiger partial charge in [-0.1, -0.05) is 0 Å². The Morgan fingerprint density at radius 3 is 2.68 bits per heavy atom. The monoisotopic (exact) mass is 259 g/mol. The van der Waals surface area contributed by atoms with E-state index in [0.29, 0.717) is 17.0 Å². The summed E-state index contributed by atoms with van der Waals surface area (Å²) in [5, 5.41) is 4.22. The summed E-state index contributed by atoms with van der Waals surface area (Å²) >= 11 is 0. The van der Waals surface area contributed by atoms with Gasteiger partial charge in [0.1, 0.15) is 0 Å². The molecule has 0 amide bonds. The smallest absolute Gasteiger partial charge is 0.215 e. The Bertz CT molecular complexity index is 602. The molecule has 0 aliphatic carbocycles. The summed E-state index contributed by atoms with van der Waals surface area (Å²) in [6.07, 6.45) is 4.86. The lowest BCUT2D eigenvalue weighted by Crippen LogP contribution is -2.15. The third-order valence-electron chi connectivity index (χ3n) is 2.95. The van der Waals surface area contributed by atoms with Gasteiger partial charge in [-0.05, 0) is 32.4 Å². The van der Waals surface area contributed by atoms with E-state index in [0.717, 1.165) is 5.56 Å². The van der Waals surface area contributed by atoms with Crippen LogP contribution in [0.1, 0.15) is 41.5 Å². The van der Waals surface area contributed by atoms with Crippen molar-refractivity contribution >= 4 is 5.78 Å². The van der Waals surface area contributed by atoms with Gasteiger partial charge in [-0.3, -0.25) is 14.5 Å². The normalized spacial score (nSPS) is 10.8. The summed E-state index contributed by atoms with van der Waals surface area (Å²) < 4.78 is 6.92. The van der Waals surface area contributed by atoms with E-state index in [1.807, 2.05) is 20.8 Å². The molecule has 0 atom stereocenters. The molecule has 0 fully saturated rings. The number of aromatic nitrogens is 3. The molecule has 0 aromatic carbocycles. The second kappa shape index (κ2) is 5.22. The third-order valence-corrected chi connectivity index (χ3v) is 2.95. The molecule has 0 saturated carbocycles. The number of ether oxygens (including phenoxy) is 1. The van der Waals surface area contributed by atoms with E-state index < -0.39 is 0 Å². The molecule has 0 bridgehead atoms. The number of hydrogen-bond acceptors (Lipinski definition) is 4. The van der Waals surface area contributed by atoms with Gasteiger partial charge < -0.3 is 4.74 Å². The number of methoxy groups -OCH3 is 1. The first kappa shape index (κ1) is 13.3. The lowest BCUT2D eigenvalue weighted by atomic mass is 10.0. The molecule has 0 radical (unpaired) electrons. The largest absolute Gasteiger partial charge is 0.493 e. The Morgan fingerprint density at radius 1 is 1.37 bits per heavy atom. The summed E-state index contributed by atoms with van der Waals surface area (Å²) in [6, 6.07) is 1.80. The third kappa shape index (κ3) is 2.36. The van der Waals surface area contributed by atoms with Crippen molar-refractivity contribution in [1.82, 2.24) is 14.8 Å².